The lowest BCUT2D eigenvalue weighted by molar-refractivity contribution is 0.0601. The minimum Gasteiger partial charge on any atom is -0.465 e. The van der Waals surface area contributed by atoms with Crippen molar-refractivity contribution in [1.29, 1.82) is 5.26 Å². The van der Waals surface area contributed by atoms with E-state index in [1.54, 1.807) is 19.1 Å². The van der Waals surface area contributed by atoms with Crippen LogP contribution >= 0.6 is 11.6 Å². The van der Waals surface area contributed by atoms with Crippen molar-refractivity contribution in [2.75, 3.05) is 7.11 Å². The highest BCUT2D eigenvalue weighted by atomic mass is 35.5. The lowest BCUT2D eigenvalue weighted by Crippen LogP contribution is -2.03. The first-order valence-corrected chi connectivity index (χ1v) is 4.26. The number of hydrogen-bond acceptors (Lipinski definition) is 3. The number of benzene rings is 1. The molecule has 0 fully saturated rings. The molecule has 0 aliphatic rings. The largest absolute Gasteiger partial charge is 0.465 e. The summed E-state index contributed by atoms with van der Waals surface area (Å²) < 4.78 is 4.54. The smallest absolute Gasteiger partial charge is 0.339 e. The molecule has 0 N–H and O–H groups in total. The van der Waals surface area contributed by atoms with Crippen LogP contribution in [0.1, 0.15) is 21.5 Å². The van der Waals surface area contributed by atoms with Gasteiger partial charge in [0.2, 0.25) is 0 Å². The molecule has 1 aromatic rings. The maximum Gasteiger partial charge on any atom is 0.339 e. The molecule has 0 amide bonds. The zero-order valence-electron chi connectivity index (χ0n) is 7.80. The Balaban J connectivity index is 3.38. The topological polar surface area (TPSA) is 50.1 Å². The van der Waals surface area contributed by atoms with Gasteiger partial charge < -0.3 is 4.74 Å². The van der Waals surface area contributed by atoms with Crippen molar-refractivity contribution in [3.05, 3.63) is 33.8 Å². The van der Waals surface area contributed by atoms with Crippen molar-refractivity contribution in [3.63, 3.8) is 0 Å². The SMILES string of the molecule is COC(=O)c1cc(C)cc(C#N)c1Cl. The third-order valence-corrected chi connectivity index (χ3v) is 2.15. The van der Waals surface area contributed by atoms with Crippen LogP contribution in [0.4, 0.5) is 0 Å². The first-order chi connectivity index (χ1) is 6.60. The number of carbonyl (C=O) groups excluding carboxylic acids is 1. The summed E-state index contributed by atoms with van der Waals surface area (Å²) in [6.45, 7) is 1.78. The number of halogens is 1. The molecule has 3 nitrogen and oxygen atoms in total. The van der Waals surface area contributed by atoms with Crippen molar-refractivity contribution < 1.29 is 9.53 Å². The summed E-state index contributed by atoms with van der Waals surface area (Å²) in [5.41, 5.74) is 1.31. The van der Waals surface area contributed by atoms with Crippen molar-refractivity contribution in [3.8, 4) is 6.07 Å². The number of hydrogen-bond donors (Lipinski definition) is 0. The molecular formula is C10H8ClNO2. The fourth-order valence-electron chi connectivity index (χ4n) is 1.11. The van der Waals surface area contributed by atoms with E-state index in [-0.39, 0.29) is 16.1 Å². The second-order valence-electron chi connectivity index (χ2n) is 2.78. The van der Waals surface area contributed by atoms with Crippen LogP contribution in [0.25, 0.3) is 0 Å². The molecule has 0 aromatic heterocycles. The standard InChI is InChI=1S/C10H8ClNO2/c1-6-3-7(5-12)9(11)8(4-6)10(13)14-2/h3-4H,1-2H3. The van der Waals surface area contributed by atoms with Crippen LogP contribution in [-0.4, -0.2) is 13.1 Å². The zero-order chi connectivity index (χ0) is 10.7. The van der Waals surface area contributed by atoms with Gasteiger partial charge in [-0.3, -0.25) is 0 Å². The van der Waals surface area contributed by atoms with Crippen LogP contribution in [0.15, 0.2) is 12.1 Å². The summed E-state index contributed by atoms with van der Waals surface area (Å²) in [4.78, 5) is 11.2. The van der Waals surface area contributed by atoms with E-state index in [4.69, 9.17) is 16.9 Å². The maximum absolute atomic E-state index is 11.2. The summed E-state index contributed by atoms with van der Waals surface area (Å²) in [7, 11) is 1.27. The van der Waals surface area contributed by atoms with E-state index in [0.717, 1.165) is 5.56 Å². The van der Waals surface area contributed by atoms with E-state index in [2.05, 4.69) is 4.74 Å². The third-order valence-electron chi connectivity index (χ3n) is 1.74. The maximum atomic E-state index is 11.2. The average molecular weight is 210 g/mol. The van der Waals surface area contributed by atoms with Crippen molar-refractivity contribution >= 4 is 17.6 Å². The van der Waals surface area contributed by atoms with E-state index in [9.17, 15) is 4.79 Å². The Hall–Kier alpha value is -1.53. The molecule has 0 aliphatic heterocycles. The number of ether oxygens (including phenoxy) is 1. The first kappa shape index (κ1) is 10.6. The van der Waals surface area contributed by atoms with Gasteiger partial charge in [0.05, 0.1) is 23.3 Å². The highest BCUT2D eigenvalue weighted by molar-refractivity contribution is 6.34. The molecule has 0 aliphatic carbocycles. The number of aryl methyl sites for hydroxylation is 1. The summed E-state index contributed by atoms with van der Waals surface area (Å²) in [6.07, 6.45) is 0. The lowest BCUT2D eigenvalue weighted by atomic mass is 10.1. The van der Waals surface area contributed by atoms with Crippen LogP contribution in [0.5, 0.6) is 0 Å². The molecule has 72 valence electrons. The Morgan fingerprint density at radius 2 is 2.21 bits per heavy atom. The first-order valence-electron chi connectivity index (χ1n) is 3.88. The number of nitrogens with zero attached hydrogens (tertiary/aromatic N) is 1. The summed E-state index contributed by atoms with van der Waals surface area (Å²) in [5, 5.41) is 8.88. The number of carbonyl (C=O) groups is 1. The number of rotatable bonds is 1. The van der Waals surface area contributed by atoms with Crippen LogP contribution < -0.4 is 0 Å². The monoisotopic (exact) mass is 209 g/mol. The molecule has 14 heavy (non-hydrogen) atoms. The second-order valence-corrected chi connectivity index (χ2v) is 3.16. The minimum atomic E-state index is -0.532. The number of methoxy groups -OCH3 is 1. The normalized spacial score (nSPS) is 9.29. The van der Waals surface area contributed by atoms with Crippen LogP contribution in [-0.2, 0) is 4.74 Å². The van der Waals surface area contributed by atoms with Crippen molar-refractivity contribution in [2.45, 2.75) is 6.92 Å². The Morgan fingerprint density at radius 3 is 2.71 bits per heavy atom. The predicted octanol–water partition coefficient (Wildman–Crippen LogP) is 2.31. The van der Waals surface area contributed by atoms with Gasteiger partial charge in [-0.1, -0.05) is 11.6 Å². The van der Waals surface area contributed by atoms with Crippen LogP contribution in [0.2, 0.25) is 5.02 Å². The van der Waals surface area contributed by atoms with Gasteiger partial charge in [0.25, 0.3) is 0 Å². The fourth-order valence-corrected chi connectivity index (χ4v) is 1.34. The molecule has 0 atom stereocenters. The van der Waals surface area contributed by atoms with Gasteiger partial charge in [0, 0.05) is 0 Å². The van der Waals surface area contributed by atoms with Gasteiger partial charge in [-0.2, -0.15) is 5.26 Å². The lowest BCUT2D eigenvalue weighted by Gasteiger charge is -2.04. The molecule has 4 heteroatoms. The molecule has 0 radical (unpaired) electrons. The summed E-state index contributed by atoms with van der Waals surface area (Å²) in [5.74, 6) is -0.532. The van der Waals surface area contributed by atoms with E-state index in [0.29, 0.717) is 0 Å². The Bertz CT molecular complexity index is 421. The second kappa shape index (κ2) is 4.12. The van der Waals surface area contributed by atoms with E-state index >= 15 is 0 Å². The molecule has 0 unspecified atom stereocenters. The zero-order valence-corrected chi connectivity index (χ0v) is 8.55. The molecular weight excluding hydrogens is 202 g/mol. The van der Waals surface area contributed by atoms with Gasteiger partial charge in [-0.05, 0) is 24.6 Å². The molecule has 0 saturated carbocycles. The van der Waals surface area contributed by atoms with E-state index in [1.165, 1.54) is 7.11 Å². The number of nitriles is 1. The van der Waals surface area contributed by atoms with Crippen LogP contribution in [0, 0.1) is 18.3 Å². The Kier molecular flexibility index (Phi) is 3.10. The van der Waals surface area contributed by atoms with Crippen LogP contribution in [0.3, 0.4) is 0 Å². The minimum absolute atomic E-state index is 0.143. The van der Waals surface area contributed by atoms with E-state index in [1.807, 2.05) is 6.07 Å². The average Bonchev–Trinajstić information content (AvgIpc) is 2.19. The Labute approximate surface area is 86.9 Å². The van der Waals surface area contributed by atoms with Gasteiger partial charge >= 0.3 is 5.97 Å². The van der Waals surface area contributed by atoms with Crippen molar-refractivity contribution in [2.24, 2.45) is 0 Å². The Morgan fingerprint density at radius 1 is 1.57 bits per heavy atom. The molecule has 0 saturated heterocycles. The molecule has 0 spiro atoms. The highest BCUT2D eigenvalue weighted by Gasteiger charge is 2.14. The molecule has 1 rings (SSSR count). The third kappa shape index (κ3) is 1.86. The highest BCUT2D eigenvalue weighted by Crippen LogP contribution is 2.23. The number of esters is 1. The van der Waals surface area contributed by atoms with Gasteiger partial charge in [-0.25, -0.2) is 4.79 Å². The van der Waals surface area contributed by atoms with Crippen molar-refractivity contribution in [1.82, 2.24) is 0 Å². The van der Waals surface area contributed by atoms with E-state index < -0.39 is 5.97 Å². The summed E-state index contributed by atoms with van der Waals surface area (Å²) in [6, 6.07) is 5.13. The fraction of sp³-hybridized carbons (Fsp3) is 0.200. The van der Waals surface area contributed by atoms with Gasteiger partial charge in [0.15, 0.2) is 0 Å². The van der Waals surface area contributed by atoms with Gasteiger partial charge in [0.1, 0.15) is 6.07 Å². The molecule has 1 aromatic carbocycles. The quantitative estimate of drug-likeness (QED) is 0.667. The predicted molar refractivity (Wildman–Crippen MR) is 52.2 cm³/mol. The van der Waals surface area contributed by atoms with Gasteiger partial charge in [-0.15, -0.1) is 0 Å². The molecule has 0 bridgehead atoms. The summed E-state index contributed by atoms with van der Waals surface area (Å²) >= 11 is 5.83. The molecule has 0 heterocycles.